The molecule has 39 heavy (non-hydrogen) atoms. The van der Waals surface area contributed by atoms with Gasteiger partial charge in [-0.2, -0.15) is 5.10 Å². The van der Waals surface area contributed by atoms with Gasteiger partial charge in [0, 0.05) is 39.1 Å². The highest BCUT2D eigenvalue weighted by Gasteiger charge is 2.36. The molecule has 0 radical (unpaired) electrons. The van der Waals surface area contributed by atoms with Crippen molar-refractivity contribution in [2.75, 3.05) is 20.3 Å². The van der Waals surface area contributed by atoms with Crippen LogP contribution in [-0.2, 0) is 24.4 Å². The monoisotopic (exact) mass is 530 g/mol. The van der Waals surface area contributed by atoms with Crippen LogP contribution >= 0.6 is 0 Å². The SMILES string of the molecule is COc1ccc(C(C2CCOCC2)n2c3cc(-c4c(C)nnn4C)cnc3c3c2c(C(C)(C)O)nn3C)nc1. The zero-order valence-corrected chi connectivity index (χ0v) is 23.2. The van der Waals surface area contributed by atoms with Crippen LogP contribution in [0.4, 0.5) is 0 Å². The summed E-state index contributed by atoms with van der Waals surface area (Å²) in [5.74, 6) is 0.950. The molecule has 6 heterocycles. The number of hydrogen-bond acceptors (Lipinski definition) is 8. The van der Waals surface area contributed by atoms with Gasteiger partial charge in [-0.25, -0.2) is 4.68 Å². The van der Waals surface area contributed by atoms with Crippen molar-refractivity contribution in [1.29, 1.82) is 0 Å². The highest BCUT2D eigenvalue weighted by Crippen LogP contribution is 2.43. The summed E-state index contributed by atoms with van der Waals surface area (Å²) in [7, 11) is 5.43. The van der Waals surface area contributed by atoms with Crippen LogP contribution in [0.15, 0.2) is 30.6 Å². The summed E-state index contributed by atoms with van der Waals surface area (Å²) < 4.78 is 17.1. The van der Waals surface area contributed by atoms with Crippen molar-refractivity contribution in [3.05, 3.63) is 47.7 Å². The fourth-order valence-corrected chi connectivity index (χ4v) is 5.94. The van der Waals surface area contributed by atoms with Gasteiger partial charge in [-0.3, -0.25) is 14.6 Å². The first-order valence-electron chi connectivity index (χ1n) is 13.2. The second-order valence-electron chi connectivity index (χ2n) is 10.9. The summed E-state index contributed by atoms with van der Waals surface area (Å²) >= 11 is 0. The summed E-state index contributed by atoms with van der Waals surface area (Å²) in [5.41, 5.74) is 6.49. The van der Waals surface area contributed by atoms with Gasteiger partial charge in [0.15, 0.2) is 0 Å². The van der Waals surface area contributed by atoms with E-state index in [1.165, 1.54) is 0 Å². The number of aryl methyl sites for hydroxylation is 3. The van der Waals surface area contributed by atoms with E-state index in [4.69, 9.17) is 24.5 Å². The predicted octanol–water partition coefficient (Wildman–Crippen LogP) is 3.67. The number of methoxy groups -OCH3 is 1. The topological polar surface area (TPSA) is 118 Å². The highest BCUT2D eigenvalue weighted by atomic mass is 16.5. The zero-order chi connectivity index (χ0) is 27.5. The number of fused-ring (bicyclic) bond motifs is 3. The first-order chi connectivity index (χ1) is 18.7. The van der Waals surface area contributed by atoms with Gasteiger partial charge in [0.05, 0.1) is 47.5 Å². The molecule has 11 nitrogen and oxygen atoms in total. The fourth-order valence-electron chi connectivity index (χ4n) is 5.94. The third-order valence-corrected chi connectivity index (χ3v) is 7.75. The number of hydrogen-bond donors (Lipinski definition) is 1. The zero-order valence-electron chi connectivity index (χ0n) is 23.2. The van der Waals surface area contributed by atoms with Gasteiger partial charge in [0.2, 0.25) is 0 Å². The molecule has 1 atom stereocenters. The minimum Gasteiger partial charge on any atom is -0.495 e. The van der Waals surface area contributed by atoms with Crippen LogP contribution in [0.3, 0.4) is 0 Å². The molecule has 0 aliphatic carbocycles. The van der Waals surface area contributed by atoms with Crippen molar-refractivity contribution in [2.45, 2.75) is 45.3 Å². The molecule has 5 aromatic heterocycles. The summed E-state index contributed by atoms with van der Waals surface area (Å²) in [4.78, 5) is 9.85. The maximum absolute atomic E-state index is 11.3. The number of rotatable bonds is 6. The van der Waals surface area contributed by atoms with E-state index in [0.717, 1.165) is 57.6 Å². The lowest BCUT2D eigenvalue weighted by atomic mass is 9.88. The second-order valence-corrected chi connectivity index (χ2v) is 10.9. The Kier molecular flexibility index (Phi) is 6.15. The Morgan fingerprint density at radius 1 is 1.08 bits per heavy atom. The van der Waals surface area contributed by atoms with E-state index in [9.17, 15) is 5.11 Å². The van der Waals surface area contributed by atoms with Crippen LogP contribution in [0.5, 0.6) is 5.75 Å². The Labute approximate surface area is 226 Å². The van der Waals surface area contributed by atoms with Gasteiger partial charge >= 0.3 is 0 Å². The molecule has 1 unspecified atom stereocenters. The van der Waals surface area contributed by atoms with Crippen molar-refractivity contribution in [2.24, 2.45) is 20.0 Å². The van der Waals surface area contributed by atoms with Crippen molar-refractivity contribution < 1.29 is 14.6 Å². The molecule has 204 valence electrons. The largest absolute Gasteiger partial charge is 0.495 e. The standard InChI is InChI=1S/C28H34N8O3/c1-16-23(35(5)33-31-16)18-13-21-22(30-14-18)25-26(27(28(2,3)37)32-34(25)4)36(21)24(17-9-11-39-12-10-17)20-8-7-19(38-6)15-29-20/h7-8,13-15,17,24,37H,9-12H2,1-6H3. The van der Waals surface area contributed by atoms with Crippen molar-refractivity contribution in [3.63, 3.8) is 0 Å². The summed E-state index contributed by atoms with van der Waals surface area (Å²) in [6.45, 7) is 6.87. The van der Waals surface area contributed by atoms with Crippen LogP contribution in [0.2, 0.25) is 0 Å². The molecule has 1 aliphatic heterocycles. The number of aliphatic hydroxyl groups is 1. The third-order valence-electron chi connectivity index (χ3n) is 7.75. The molecule has 1 saturated heterocycles. The molecule has 0 amide bonds. The molecule has 0 saturated carbocycles. The second kappa shape index (κ2) is 9.42. The third kappa shape index (κ3) is 4.16. The Hall–Kier alpha value is -3.83. The van der Waals surface area contributed by atoms with E-state index in [2.05, 4.69) is 20.9 Å². The van der Waals surface area contributed by atoms with Gasteiger partial charge in [-0.15, -0.1) is 5.10 Å². The van der Waals surface area contributed by atoms with Crippen molar-refractivity contribution >= 4 is 22.1 Å². The van der Waals surface area contributed by atoms with Gasteiger partial charge in [0.1, 0.15) is 28.1 Å². The molecular formula is C28H34N8O3. The first-order valence-corrected chi connectivity index (χ1v) is 13.2. The quantitative estimate of drug-likeness (QED) is 0.353. The average molecular weight is 531 g/mol. The lowest BCUT2D eigenvalue weighted by molar-refractivity contribution is 0.0542. The molecule has 6 rings (SSSR count). The number of pyridine rings is 2. The number of nitrogens with zero attached hydrogens (tertiary/aromatic N) is 8. The summed E-state index contributed by atoms with van der Waals surface area (Å²) in [6.07, 6.45) is 5.40. The minimum atomic E-state index is -1.18. The molecule has 5 aromatic rings. The summed E-state index contributed by atoms with van der Waals surface area (Å²) in [6, 6.07) is 5.99. The van der Waals surface area contributed by atoms with Crippen LogP contribution < -0.4 is 4.74 Å². The van der Waals surface area contributed by atoms with E-state index in [1.54, 1.807) is 31.8 Å². The minimum absolute atomic E-state index is 0.145. The van der Waals surface area contributed by atoms with Gasteiger partial charge in [-0.1, -0.05) is 5.21 Å². The lowest BCUT2D eigenvalue weighted by Crippen LogP contribution is -2.28. The Balaban J connectivity index is 1.71. The Morgan fingerprint density at radius 3 is 2.46 bits per heavy atom. The molecule has 0 aromatic carbocycles. The Bertz CT molecular complexity index is 1630. The molecular weight excluding hydrogens is 496 g/mol. The highest BCUT2D eigenvalue weighted by molar-refractivity contribution is 6.06. The average Bonchev–Trinajstić information content (AvgIpc) is 3.56. The lowest BCUT2D eigenvalue weighted by Gasteiger charge is -2.32. The maximum atomic E-state index is 11.3. The van der Waals surface area contributed by atoms with Gasteiger partial charge < -0.3 is 19.1 Å². The molecule has 1 fully saturated rings. The normalized spacial score (nSPS) is 15.9. The summed E-state index contributed by atoms with van der Waals surface area (Å²) in [5, 5.41) is 24.5. The Morgan fingerprint density at radius 2 is 1.85 bits per heavy atom. The number of aromatic nitrogens is 8. The van der Waals surface area contributed by atoms with Crippen LogP contribution in [0, 0.1) is 12.8 Å². The predicted molar refractivity (Wildman–Crippen MR) is 146 cm³/mol. The molecule has 0 bridgehead atoms. The van der Waals surface area contributed by atoms with E-state index >= 15 is 0 Å². The van der Waals surface area contributed by atoms with Gasteiger partial charge in [0.25, 0.3) is 0 Å². The van der Waals surface area contributed by atoms with Crippen LogP contribution in [-0.4, -0.2) is 64.7 Å². The molecule has 1 aliphatic rings. The fraction of sp³-hybridized carbons (Fsp3) is 0.464. The first kappa shape index (κ1) is 25.4. The van der Waals surface area contributed by atoms with Gasteiger partial charge in [-0.05, 0) is 57.7 Å². The van der Waals surface area contributed by atoms with Crippen LogP contribution in [0.1, 0.15) is 49.8 Å². The molecule has 0 spiro atoms. The van der Waals surface area contributed by atoms with Crippen molar-refractivity contribution in [3.8, 4) is 17.0 Å². The van der Waals surface area contributed by atoms with Crippen molar-refractivity contribution in [1.82, 2.24) is 39.3 Å². The van der Waals surface area contributed by atoms with E-state index in [1.807, 2.05) is 44.0 Å². The molecule has 11 heteroatoms. The van der Waals surface area contributed by atoms with Crippen LogP contribution in [0.25, 0.3) is 33.3 Å². The maximum Gasteiger partial charge on any atom is 0.137 e. The smallest absolute Gasteiger partial charge is 0.137 e. The molecule has 1 N–H and O–H groups in total. The van der Waals surface area contributed by atoms with E-state index in [-0.39, 0.29) is 12.0 Å². The number of ether oxygens (including phenoxy) is 2. The van der Waals surface area contributed by atoms with E-state index < -0.39 is 5.60 Å². The van der Waals surface area contributed by atoms with E-state index in [0.29, 0.717) is 24.7 Å².